The molecule has 0 saturated heterocycles. The van der Waals surface area contributed by atoms with Crippen LogP contribution in [0.25, 0.3) is 0 Å². The molecule has 4 nitrogen and oxygen atoms in total. The van der Waals surface area contributed by atoms with Crippen LogP contribution >= 0.6 is 15.9 Å². The molecule has 0 radical (unpaired) electrons. The minimum absolute atomic E-state index is 0.0295. The van der Waals surface area contributed by atoms with Gasteiger partial charge in [0.05, 0.1) is 35.0 Å². The van der Waals surface area contributed by atoms with Crippen molar-refractivity contribution in [1.82, 2.24) is 9.78 Å². The highest BCUT2D eigenvalue weighted by Crippen LogP contribution is 2.26. The Bertz CT molecular complexity index is 677. The van der Waals surface area contributed by atoms with Crippen molar-refractivity contribution in [1.29, 1.82) is 0 Å². The van der Waals surface area contributed by atoms with Gasteiger partial charge in [0, 0.05) is 7.05 Å². The van der Waals surface area contributed by atoms with E-state index in [0.717, 1.165) is 27.8 Å². The fourth-order valence-electron chi connectivity index (χ4n) is 2.30. The number of aromatic nitrogens is 2. The summed E-state index contributed by atoms with van der Waals surface area (Å²) in [5.74, 6) is 0.640. The van der Waals surface area contributed by atoms with Gasteiger partial charge in [0.1, 0.15) is 5.75 Å². The van der Waals surface area contributed by atoms with E-state index in [4.69, 9.17) is 4.74 Å². The number of rotatable bonds is 5. The van der Waals surface area contributed by atoms with Gasteiger partial charge in [-0.1, -0.05) is 18.6 Å². The van der Waals surface area contributed by atoms with E-state index in [-0.39, 0.29) is 5.78 Å². The second kappa shape index (κ2) is 6.43. The van der Waals surface area contributed by atoms with Gasteiger partial charge in [0.25, 0.3) is 0 Å². The Labute approximate surface area is 133 Å². The van der Waals surface area contributed by atoms with E-state index in [0.29, 0.717) is 17.7 Å². The van der Waals surface area contributed by atoms with Crippen molar-refractivity contribution in [3.63, 3.8) is 0 Å². The van der Waals surface area contributed by atoms with Gasteiger partial charge in [-0.2, -0.15) is 5.10 Å². The lowest BCUT2D eigenvalue weighted by Crippen LogP contribution is -2.10. The summed E-state index contributed by atoms with van der Waals surface area (Å²) in [7, 11) is 3.44. The standard InChI is InChI=1S/C16H19BrN2O2/c1-5-12-16(17)13(19(3)18-12)9-14(20)11-8-10(2)6-7-15(11)21-4/h6-8H,5,9H2,1-4H3. The second-order valence-corrected chi connectivity index (χ2v) is 5.78. The zero-order chi connectivity index (χ0) is 15.6. The Morgan fingerprint density at radius 3 is 2.71 bits per heavy atom. The average molecular weight is 351 g/mol. The fourth-order valence-corrected chi connectivity index (χ4v) is 3.06. The third kappa shape index (κ3) is 3.18. The summed E-state index contributed by atoms with van der Waals surface area (Å²) in [6.07, 6.45) is 1.13. The molecule has 1 aromatic carbocycles. The van der Waals surface area contributed by atoms with Crippen LogP contribution in [-0.4, -0.2) is 22.7 Å². The van der Waals surface area contributed by atoms with E-state index in [1.165, 1.54) is 0 Å². The summed E-state index contributed by atoms with van der Waals surface area (Å²) < 4.78 is 7.98. The number of halogens is 1. The molecule has 2 aromatic rings. The van der Waals surface area contributed by atoms with Crippen LogP contribution in [0.4, 0.5) is 0 Å². The number of ketones is 1. The molecule has 0 N–H and O–H groups in total. The molecule has 112 valence electrons. The molecule has 1 aromatic heterocycles. The minimum atomic E-state index is 0.0295. The molecule has 0 unspecified atom stereocenters. The third-order valence-corrected chi connectivity index (χ3v) is 4.40. The van der Waals surface area contributed by atoms with Crippen LogP contribution in [0, 0.1) is 6.92 Å². The van der Waals surface area contributed by atoms with Crippen molar-refractivity contribution in [2.45, 2.75) is 26.7 Å². The fraction of sp³-hybridized carbons (Fsp3) is 0.375. The van der Waals surface area contributed by atoms with Gasteiger partial charge in [0.15, 0.2) is 5.78 Å². The number of aryl methyl sites for hydroxylation is 3. The number of benzene rings is 1. The number of hydrogen-bond donors (Lipinski definition) is 0. The average Bonchev–Trinajstić information content (AvgIpc) is 2.74. The van der Waals surface area contributed by atoms with Crippen LogP contribution in [-0.2, 0) is 19.9 Å². The Hall–Kier alpha value is -1.62. The molecule has 0 spiro atoms. The number of hydrogen-bond acceptors (Lipinski definition) is 3. The van der Waals surface area contributed by atoms with Crippen molar-refractivity contribution in [2.24, 2.45) is 7.05 Å². The van der Waals surface area contributed by atoms with E-state index in [2.05, 4.69) is 21.0 Å². The maximum atomic E-state index is 12.6. The van der Waals surface area contributed by atoms with Crippen molar-refractivity contribution in [2.75, 3.05) is 7.11 Å². The first kappa shape index (κ1) is 15.8. The van der Waals surface area contributed by atoms with Crippen molar-refractivity contribution >= 4 is 21.7 Å². The summed E-state index contributed by atoms with van der Waals surface area (Å²) in [6.45, 7) is 4.01. The number of carbonyl (C=O) groups is 1. The zero-order valence-electron chi connectivity index (χ0n) is 12.7. The van der Waals surface area contributed by atoms with Gasteiger partial charge in [-0.3, -0.25) is 9.48 Å². The highest BCUT2D eigenvalue weighted by atomic mass is 79.9. The van der Waals surface area contributed by atoms with Crippen molar-refractivity contribution in [3.8, 4) is 5.75 Å². The van der Waals surface area contributed by atoms with Crippen LogP contribution in [0.15, 0.2) is 22.7 Å². The monoisotopic (exact) mass is 350 g/mol. The lowest BCUT2D eigenvalue weighted by Gasteiger charge is -2.09. The van der Waals surface area contributed by atoms with E-state index in [9.17, 15) is 4.79 Å². The van der Waals surface area contributed by atoms with Crippen molar-refractivity contribution < 1.29 is 9.53 Å². The van der Waals surface area contributed by atoms with Gasteiger partial charge in [-0.05, 0) is 41.4 Å². The Morgan fingerprint density at radius 2 is 2.14 bits per heavy atom. The largest absolute Gasteiger partial charge is 0.496 e. The SMILES string of the molecule is CCc1nn(C)c(CC(=O)c2cc(C)ccc2OC)c1Br. The summed E-state index contributed by atoms with van der Waals surface area (Å²) in [5, 5.41) is 4.42. The van der Waals surface area contributed by atoms with E-state index in [1.807, 2.05) is 39.1 Å². The first-order valence-electron chi connectivity index (χ1n) is 6.86. The normalized spacial score (nSPS) is 10.7. The summed E-state index contributed by atoms with van der Waals surface area (Å²) in [6, 6.07) is 5.63. The number of methoxy groups -OCH3 is 1. The van der Waals surface area contributed by atoms with Crippen LogP contribution in [0.2, 0.25) is 0 Å². The smallest absolute Gasteiger partial charge is 0.172 e. The van der Waals surface area contributed by atoms with Gasteiger partial charge in [-0.25, -0.2) is 0 Å². The van der Waals surface area contributed by atoms with E-state index >= 15 is 0 Å². The van der Waals surface area contributed by atoms with Gasteiger partial charge in [-0.15, -0.1) is 0 Å². The molecule has 0 aliphatic rings. The van der Waals surface area contributed by atoms with Crippen molar-refractivity contribution in [3.05, 3.63) is 45.2 Å². The topological polar surface area (TPSA) is 44.1 Å². The van der Waals surface area contributed by atoms with Crippen LogP contribution in [0.1, 0.15) is 34.2 Å². The first-order chi connectivity index (χ1) is 9.97. The highest BCUT2D eigenvalue weighted by molar-refractivity contribution is 9.10. The molecule has 0 bridgehead atoms. The first-order valence-corrected chi connectivity index (χ1v) is 7.65. The summed E-state index contributed by atoms with van der Waals surface area (Å²) in [5.41, 5.74) is 3.51. The van der Waals surface area contributed by atoms with Gasteiger partial charge in [0.2, 0.25) is 0 Å². The molecule has 5 heteroatoms. The number of ether oxygens (including phenoxy) is 1. The number of Topliss-reactive ketones (excluding diaryl/α,β-unsaturated/α-hetero) is 1. The molecular formula is C16H19BrN2O2. The summed E-state index contributed by atoms with van der Waals surface area (Å²) >= 11 is 3.55. The maximum absolute atomic E-state index is 12.6. The van der Waals surface area contributed by atoms with E-state index in [1.54, 1.807) is 11.8 Å². The lowest BCUT2D eigenvalue weighted by molar-refractivity contribution is 0.0987. The Morgan fingerprint density at radius 1 is 1.43 bits per heavy atom. The van der Waals surface area contributed by atoms with Crippen LogP contribution < -0.4 is 4.74 Å². The predicted octanol–water partition coefficient (Wildman–Crippen LogP) is 3.49. The molecule has 0 atom stereocenters. The summed E-state index contributed by atoms with van der Waals surface area (Å²) in [4.78, 5) is 12.6. The van der Waals surface area contributed by atoms with Crippen LogP contribution in [0.3, 0.4) is 0 Å². The maximum Gasteiger partial charge on any atom is 0.172 e. The molecule has 0 amide bonds. The van der Waals surface area contributed by atoms with Gasteiger partial charge < -0.3 is 4.74 Å². The Kier molecular flexibility index (Phi) is 4.83. The molecule has 21 heavy (non-hydrogen) atoms. The highest BCUT2D eigenvalue weighted by Gasteiger charge is 2.19. The molecule has 0 aliphatic heterocycles. The third-order valence-electron chi connectivity index (χ3n) is 3.49. The van der Waals surface area contributed by atoms with Gasteiger partial charge >= 0.3 is 0 Å². The molecule has 1 heterocycles. The minimum Gasteiger partial charge on any atom is -0.496 e. The van der Waals surface area contributed by atoms with Crippen LogP contribution in [0.5, 0.6) is 5.75 Å². The molecular weight excluding hydrogens is 332 g/mol. The zero-order valence-corrected chi connectivity index (χ0v) is 14.3. The quantitative estimate of drug-likeness (QED) is 0.775. The lowest BCUT2D eigenvalue weighted by atomic mass is 10.0. The van der Waals surface area contributed by atoms with E-state index < -0.39 is 0 Å². The molecule has 0 saturated carbocycles. The molecule has 0 aliphatic carbocycles. The molecule has 0 fully saturated rings. The predicted molar refractivity (Wildman–Crippen MR) is 86.1 cm³/mol. The number of nitrogens with zero attached hydrogens (tertiary/aromatic N) is 2. The molecule has 2 rings (SSSR count). The Balaban J connectivity index is 2.34. The second-order valence-electron chi connectivity index (χ2n) is 4.99. The number of carbonyl (C=O) groups excluding carboxylic acids is 1.